The molecule has 2 rings (SSSR count). The van der Waals surface area contributed by atoms with Crippen LogP contribution < -0.4 is 10.6 Å². The van der Waals surface area contributed by atoms with Gasteiger partial charge in [0.1, 0.15) is 5.82 Å². The molecule has 0 amide bonds. The van der Waals surface area contributed by atoms with Crippen molar-refractivity contribution in [1.82, 2.24) is 4.98 Å². The monoisotopic (exact) mass is 299 g/mol. The number of pyridine rings is 1. The van der Waals surface area contributed by atoms with E-state index in [2.05, 4.69) is 25.8 Å². The smallest absolute Gasteiger partial charge is 0.128 e. The van der Waals surface area contributed by atoms with Gasteiger partial charge in [0.2, 0.25) is 0 Å². The second kappa shape index (κ2) is 5.33. The molecular weight excluding hydrogens is 282 g/mol. The maximum absolute atomic E-state index is 5.79. The van der Waals surface area contributed by atoms with E-state index >= 15 is 0 Å². The first kappa shape index (κ1) is 12.8. The van der Waals surface area contributed by atoms with Crippen molar-refractivity contribution in [3.63, 3.8) is 0 Å². The van der Waals surface area contributed by atoms with Crippen LogP contribution in [0.5, 0.6) is 0 Å². The summed E-state index contributed by atoms with van der Waals surface area (Å²) in [5.74, 6) is 1.02. The largest absolute Gasteiger partial charge is 0.377 e. The lowest BCUT2D eigenvalue weighted by atomic mass is 9.91. The van der Waals surface area contributed by atoms with Crippen LogP contribution >= 0.6 is 15.9 Å². The van der Waals surface area contributed by atoms with Gasteiger partial charge in [0.25, 0.3) is 0 Å². The third-order valence-electron chi connectivity index (χ3n) is 3.52. The van der Waals surface area contributed by atoms with E-state index in [0.717, 1.165) is 36.2 Å². The highest BCUT2D eigenvalue weighted by molar-refractivity contribution is 9.10. The van der Waals surface area contributed by atoms with Gasteiger partial charge in [-0.3, -0.25) is 0 Å². The first-order chi connectivity index (χ1) is 8.19. The fourth-order valence-electron chi connectivity index (χ4n) is 2.19. The number of hydrogen-bond donors (Lipinski definition) is 1. The lowest BCUT2D eigenvalue weighted by Gasteiger charge is -2.40. The van der Waals surface area contributed by atoms with Crippen molar-refractivity contribution < 1.29 is 4.74 Å². The van der Waals surface area contributed by atoms with Gasteiger partial charge in [-0.1, -0.05) is 0 Å². The number of aromatic nitrogens is 1. The zero-order valence-corrected chi connectivity index (χ0v) is 11.6. The number of methoxy groups -OCH3 is 1. The van der Waals surface area contributed by atoms with E-state index in [1.807, 2.05) is 18.3 Å². The van der Waals surface area contributed by atoms with Gasteiger partial charge in [0.15, 0.2) is 0 Å². The van der Waals surface area contributed by atoms with Crippen LogP contribution in [-0.2, 0) is 4.74 Å². The predicted molar refractivity (Wildman–Crippen MR) is 72.2 cm³/mol. The molecule has 2 N–H and O–H groups in total. The van der Waals surface area contributed by atoms with E-state index in [1.54, 1.807) is 7.11 Å². The number of anilines is 1. The number of nitrogens with two attached hydrogens (primary N) is 1. The predicted octanol–water partition coefficient (Wildman–Crippen LogP) is 1.79. The van der Waals surface area contributed by atoms with Crippen molar-refractivity contribution in [3.8, 4) is 0 Å². The molecule has 1 aliphatic rings. The summed E-state index contributed by atoms with van der Waals surface area (Å²) in [6, 6.07) is 4.05. The standard InChI is InChI=1S/C12H18BrN3O/c1-17-12(9-14)4-6-16(7-5-12)11-3-2-10(13)8-15-11/h2-3,8H,4-7,9,14H2,1H3. The van der Waals surface area contributed by atoms with Gasteiger partial charge >= 0.3 is 0 Å². The summed E-state index contributed by atoms with van der Waals surface area (Å²) in [5, 5.41) is 0. The summed E-state index contributed by atoms with van der Waals surface area (Å²) in [6.45, 7) is 2.48. The molecule has 1 aromatic heterocycles. The Bertz CT molecular complexity index is 355. The maximum Gasteiger partial charge on any atom is 0.128 e. The van der Waals surface area contributed by atoms with E-state index < -0.39 is 0 Å². The van der Waals surface area contributed by atoms with Crippen molar-refractivity contribution in [2.75, 3.05) is 31.6 Å². The molecule has 0 aromatic carbocycles. The summed E-state index contributed by atoms with van der Waals surface area (Å²) in [7, 11) is 1.75. The van der Waals surface area contributed by atoms with E-state index in [4.69, 9.17) is 10.5 Å². The summed E-state index contributed by atoms with van der Waals surface area (Å²) in [6.07, 6.45) is 3.74. The van der Waals surface area contributed by atoms with Crippen LogP contribution in [0.15, 0.2) is 22.8 Å². The molecule has 5 heteroatoms. The lowest BCUT2D eigenvalue weighted by Crippen LogP contribution is -2.50. The van der Waals surface area contributed by atoms with Gasteiger partial charge in [-0.15, -0.1) is 0 Å². The lowest BCUT2D eigenvalue weighted by molar-refractivity contribution is -0.0216. The molecule has 17 heavy (non-hydrogen) atoms. The molecular formula is C12H18BrN3O. The minimum atomic E-state index is -0.133. The number of hydrogen-bond acceptors (Lipinski definition) is 4. The zero-order chi connectivity index (χ0) is 12.3. The molecule has 0 spiro atoms. The van der Waals surface area contributed by atoms with Gasteiger partial charge in [-0.05, 0) is 40.9 Å². The second-order valence-electron chi connectivity index (χ2n) is 4.41. The number of ether oxygens (including phenoxy) is 1. The molecule has 4 nitrogen and oxygen atoms in total. The molecule has 1 aliphatic heterocycles. The minimum Gasteiger partial charge on any atom is -0.377 e. The van der Waals surface area contributed by atoms with Gasteiger partial charge in [-0.2, -0.15) is 0 Å². The van der Waals surface area contributed by atoms with Crippen LogP contribution in [0.2, 0.25) is 0 Å². The van der Waals surface area contributed by atoms with Gasteiger partial charge in [0, 0.05) is 37.4 Å². The van der Waals surface area contributed by atoms with Crippen LogP contribution in [0.4, 0.5) is 5.82 Å². The molecule has 1 fully saturated rings. The number of piperidine rings is 1. The van der Waals surface area contributed by atoms with Crippen molar-refractivity contribution in [3.05, 3.63) is 22.8 Å². The van der Waals surface area contributed by atoms with Crippen molar-refractivity contribution in [2.45, 2.75) is 18.4 Å². The zero-order valence-electron chi connectivity index (χ0n) is 10.0. The molecule has 0 atom stereocenters. The van der Waals surface area contributed by atoms with Crippen molar-refractivity contribution in [2.24, 2.45) is 5.73 Å². The molecule has 1 aromatic rings. The highest BCUT2D eigenvalue weighted by Crippen LogP contribution is 2.27. The first-order valence-corrected chi connectivity index (χ1v) is 6.60. The molecule has 2 heterocycles. The Morgan fingerprint density at radius 1 is 1.47 bits per heavy atom. The highest BCUT2D eigenvalue weighted by Gasteiger charge is 2.33. The van der Waals surface area contributed by atoms with E-state index in [1.165, 1.54) is 0 Å². The summed E-state index contributed by atoms with van der Waals surface area (Å²) in [4.78, 5) is 6.69. The molecule has 0 bridgehead atoms. The van der Waals surface area contributed by atoms with E-state index in [-0.39, 0.29) is 5.60 Å². The second-order valence-corrected chi connectivity index (χ2v) is 5.33. The summed E-state index contributed by atoms with van der Waals surface area (Å²) >= 11 is 3.39. The number of halogens is 1. The van der Waals surface area contributed by atoms with Crippen LogP contribution in [-0.4, -0.2) is 37.3 Å². The first-order valence-electron chi connectivity index (χ1n) is 5.81. The maximum atomic E-state index is 5.79. The van der Waals surface area contributed by atoms with E-state index in [0.29, 0.717) is 6.54 Å². The molecule has 0 unspecified atom stereocenters. The minimum absolute atomic E-state index is 0.133. The summed E-state index contributed by atoms with van der Waals surface area (Å²) in [5.41, 5.74) is 5.65. The van der Waals surface area contributed by atoms with E-state index in [9.17, 15) is 0 Å². The van der Waals surface area contributed by atoms with Gasteiger partial charge in [0.05, 0.1) is 5.60 Å². The fraction of sp³-hybridized carbons (Fsp3) is 0.583. The Balaban J connectivity index is 2.01. The Labute approximate surface area is 110 Å². The molecule has 0 saturated carbocycles. The average Bonchev–Trinajstić information content (AvgIpc) is 2.40. The third kappa shape index (κ3) is 2.78. The van der Waals surface area contributed by atoms with Crippen LogP contribution in [0.3, 0.4) is 0 Å². The normalized spacial score (nSPS) is 19.4. The SMILES string of the molecule is COC1(CN)CCN(c2ccc(Br)cn2)CC1. The van der Waals surface area contributed by atoms with Gasteiger partial charge < -0.3 is 15.4 Å². The molecule has 1 saturated heterocycles. The quantitative estimate of drug-likeness (QED) is 0.924. The van der Waals surface area contributed by atoms with Crippen molar-refractivity contribution >= 4 is 21.7 Å². The summed E-state index contributed by atoms with van der Waals surface area (Å²) < 4.78 is 6.56. The molecule has 94 valence electrons. The molecule has 0 radical (unpaired) electrons. The van der Waals surface area contributed by atoms with Crippen LogP contribution in [0, 0.1) is 0 Å². The highest BCUT2D eigenvalue weighted by atomic mass is 79.9. The third-order valence-corrected chi connectivity index (χ3v) is 3.98. The Morgan fingerprint density at radius 3 is 2.65 bits per heavy atom. The van der Waals surface area contributed by atoms with Crippen LogP contribution in [0.25, 0.3) is 0 Å². The van der Waals surface area contributed by atoms with Crippen molar-refractivity contribution in [1.29, 1.82) is 0 Å². The Hall–Kier alpha value is -0.650. The number of rotatable bonds is 3. The average molecular weight is 300 g/mol. The Kier molecular flexibility index (Phi) is 4.01. The van der Waals surface area contributed by atoms with Gasteiger partial charge in [-0.25, -0.2) is 4.98 Å². The topological polar surface area (TPSA) is 51.4 Å². The number of nitrogens with zero attached hydrogens (tertiary/aromatic N) is 2. The van der Waals surface area contributed by atoms with Crippen LogP contribution in [0.1, 0.15) is 12.8 Å². The Morgan fingerprint density at radius 2 is 2.18 bits per heavy atom. The molecule has 0 aliphatic carbocycles. The fourth-order valence-corrected chi connectivity index (χ4v) is 2.42.